The van der Waals surface area contributed by atoms with Crippen molar-refractivity contribution in [3.05, 3.63) is 0 Å². The number of hydrogen-bond acceptors (Lipinski definition) is 5. The number of rotatable bonds is 0. The summed E-state index contributed by atoms with van der Waals surface area (Å²) in [5.41, 5.74) is 0. The predicted molar refractivity (Wildman–Crippen MR) is 28.0 cm³/mol. The van der Waals surface area contributed by atoms with Gasteiger partial charge in [0.2, 0.25) is 0 Å². The van der Waals surface area contributed by atoms with Gasteiger partial charge < -0.3 is 25.3 Å². The summed E-state index contributed by atoms with van der Waals surface area (Å²) in [6.45, 7) is 0. The van der Waals surface area contributed by atoms with Gasteiger partial charge in [0.15, 0.2) is 0 Å². The quantitative estimate of drug-likeness (QED) is 0.213. The zero-order valence-corrected chi connectivity index (χ0v) is 6.00. The largest absolute Gasteiger partial charge is 1.00 e. The molecular formula is C2H5BFLiO7. The molecule has 0 saturated carbocycles. The molecule has 0 spiro atoms. The Labute approximate surface area is 78.4 Å². The summed E-state index contributed by atoms with van der Waals surface area (Å²) in [6.07, 6.45) is 0. The summed E-state index contributed by atoms with van der Waals surface area (Å²) in [5, 5.41) is 37.5. The maximum Gasteiger partial charge on any atom is 1.00 e. The third-order valence-corrected chi connectivity index (χ3v) is 0.183. The normalized spacial score (nSPS) is 5.92. The minimum atomic E-state index is -2.42. The average Bonchev–Trinajstić information content (AvgIpc) is 1.63. The molecule has 0 saturated heterocycles. The molecule has 10 heteroatoms. The summed E-state index contributed by atoms with van der Waals surface area (Å²) >= 11 is 0. The second kappa shape index (κ2) is 13.0. The van der Waals surface area contributed by atoms with Crippen molar-refractivity contribution in [2.45, 2.75) is 0 Å². The van der Waals surface area contributed by atoms with E-state index in [0.29, 0.717) is 0 Å². The molecule has 0 atom stereocenters. The van der Waals surface area contributed by atoms with Gasteiger partial charge in [0.25, 0.3) is 0 Å². The summed E-state index contributed by atoms with van der Waals surface area (Å²) in [7, 11) is -2.42. The Bertz CT molecular complexity index is 114. The van der Waals surface area contributed by atoms with Gasteiger partial charge in [-0.15, -0.1) is 0 Å². The van der Waals surface area contributed by atoms with Gasteiger partial charge in [0.1, 0.15) is 0 Å². The topological polar surface area (TPSA) is 138 Å². The van der Waals surface area contributed by atoms with Gasteiger partial charge >= 0.3 is 38.1 Å². The van der Waals surface area contributed by atoms with Gasteiger partial charge in [0, 0.05) is 0 Å². The first-order chi connectivity index (χ1) is 4.37. The van der Waals surface area contributed by atoms with Crippen LogP contribution in [-0.4, -0.2) is 39.5 Å². The van der Waals surface area contributed by atoms with Crippen LogP contribution < -0.4 is 23.9 Å². The van der Waals surface area contributed by atoms with Gasteiger partial charge in [0.05, 0.1) is 0 Å². The molecule has 0 aliphatic rings. The van der Waals surface area contributed by atoms with E-state index in [0.717, 1.165) is 0 Å². The fourth-order valence-corrected chi connectivity index (χ4v) is 0. The van der Waals surface area contributed by atoms with Crippen molar-refractivity contribution in [3.63, 3.8) is 0 Å². The molecule has 12 heavy (non-hydrogen) atoms. The SMILES string of the molecule is F.O=C(O)C(=O)O.[Li+].[O-]B(O)O. The summed E-state index contributed by atoms with van der Waals surface area (Å²) in [4.78, 5) is 18.2. The van der Waals surface area contributed by atoms with E-state index in [1.165, 1.54) is 0 Å². The Balaban J connectivity index is -0.0000000483. The molecule has 0 aliphatic heterocycles. The minimum absolute atomic E-state index is 0. The second-order valence-electron chi connectivity index (χ2n) is 0.937. The van der Waals surface area contributed by atoms with Crippen LogP contribution in [0.4, 0.5) is 4.70 Å². The van der Waals surface area contributed by atoms with Crippen LogP contribution in [0.3, 0.4) is 0 Å². The van der Waals surface area contributed by atoms with E-state index in [4.69, 9.17) is 34.9 Å². The van der Waals surface area contributed by atoms with Gasteiger partial charge in [-0.1, -0.05) is 0 Å². The van der Waals surface area contributed by atoms with Crippen molar-refractivity contribution in [2.24, 2.45) is 0 Å². The van der Waals surface area contributed by atoms with Crippen LogP contribution in [0.15, 0.2) is 0 Å². The van der Waals surface area contributed by atoms with Crippen LogP contribution in [0.1, 0.15) is 0 Å². The summed E-state index contributed by atoms with van der Waals surface area (Å²) in [6, 6.07) is 0. The Kier molecular flexibility index (Phi) is 24.5. The summed E-state index contributed by atoms with van der Waals surface area (Å²) in [5.74, 6) is -3.65. The van der Waals surface area contributed by atoms with E-state index in [2.05, 4.69) is 0 Å². The molecule has 0 heterocycles. The molecule has 4 N–H and O–H groups in total. The second-order valence-corrected chi connectivity index (χ2v) is 0.937. The first-order valence-electron chi connectivity index (χ1n) is 1.86. The third-order valence-electron chi connectivity index (χ3n) is 0.183. The van der Waals surface area contributed by atoms with E-state index in [1.807, 2.05) is 0 Å². The first-order valence-corrected chi connectivity index (χ1v) is 1.86. The molecule has 66 valence electrons. The van der Waals surface area contributed by atoms with Gasteiger partial charge in [-0.2, -0.15) is 0 Å². The van der Waals surface area contributed by atoms with Crippen molar-refractivity contribution in [1.29, 1.82) is 0 Å². The number of carboxylic acid groups (broad SMARTS) is 2. The van der Waals surface area contributed by atoms with Crippen LogP contribution in [0.25, 0.3) is 0 Å². The van der Waals surface area contributed by atoms with E-state index in [1.54, 1.807) is 0 Å². The van der Waals surface area contributed by atoms with Crippen LogP contribution in [-0.2, 0) is 9.59 Å². The molecule has 0 amide bonds. The molecule has 0 rings (SSSR count). The van der Waals surface area contributed by atoms with E-state index < -0.39 is 19.3 Å². The van der Waals surface area contributed by atoms with Crippen molar-refractivity contribution in [3.8, 4) is 0 Å². The van der Waals surface area contributed by atoms with Crippen LogP contribution in [0.2, 0.25) is 0 Å². The Morgan fingerprint density at radius 3 is 1.17 bits per heavy atom. The average molecular weight is 178 g/mol. The number of aliphatic carboxylic acids is 2. The number of halogens is 1. The first kappa shape index (κ1) is 22.5. The zero-order valence-electron chi connectivity index (χ0n) is 6.00. The van der Waals surface area contributed by atoms with Crippen LogP contribution >= 0.6 is 0 Å². The molecule has 0 fully saturated rings. The van der Waals surface area contributed by atoms with Crippen molar-refractivity contribution in [2.75, 3.05) is 0 Å². The van der Waals surface area contributed by atoms with Gasteiger partial charge in [-0.3, -0.25) is 4.70 Å². The van der Waals surface area contributed by atoms with Gasteiger partial charge in [-0.05, 0) is 0 Å². The van der Waals surface area contributed by atoms with E-state index in [9.17, 15) is 0 Å². The fraction of sp³-hybridized carbons (Fsp3) is 0. The monoisotopic (exact) mass is 178 g/mol. The standard InChI is InChI=1S/C2H2O4.BH2O3.FH.Li/c3-1(4)2(5)6;2-1(3)4;;/h(H,3,4)(H,5,6);2-3H;1H;/q;-1;;+1. The van der Waals surface area contributed by atoms with E-state index >= 15 is 0 Å². The Morgan fingerprint density at radius 1 is 1.08 bits per heavy atom. The smallest absolute Gasteiger partial charge is 0.832 e. The van der Waals surface area contributed by atoms with E-state index in [-0.39, 0.29) is 23.6 Å². The predicted octanol–water partition coefficient (Wildman–Crippen LogP) is -6.37. The molecule has 0 aromatic carbocycles. The minimum Gasteiger partial charge on any atom is -0.832 e. The van der Waals surface area contributed by atoms with Crippen molar-refractivity contribution >= 4 is 19.3 Å². The molecule has 0 bridgehead atoms. The van der Waals surface area contributed by atoms with Crippen LogP contribution in [0, 0.1) is 0 Å². The number of carboxylic acids is 2. The van der Waals surface area contributed by atoms with Crippen molar-refractivity contribution < 1.29 is 58.4 Å². The molecule has 7 nitrogen and oxygen atoms in total. The molecule has 0 aromatic heterocycles. The molecular weight excluding hydrogens is 173 g/mol. The zero-order chi connectivity index (χ0) is 8.73. The van der Waals surface area contributed by atoms with Crippen molar-refractivity contribution in [1.82, 2.24) is 0 Å². The third kappa shape index (κ3) is 57.2. The Hall–Kier alpha value is -0.588. The maximum atomic E-state index is 9.10. The number of carbonyl (C=O) groups is 2. The number of hydrogen-bond donors (Lipinski definition) is 4. The summed E-state index contributed by atoms with van der Waals surface area (Å²) < 4.78 is 0. The van der Waals surface area contributed by atoms with Crippen LogP contribution in [0.5, 0.6) is 0 Å². The maximum absolute atomic E-state index is 9.10. The molecule has 0 radical (unpaired) electrons. The fourth-order valence-electron chi connectivity index (χ4n) is 0. The molecule has 0 aromatic rings. The van der Waals surface area contributed by atoms with Gasteiger partial charge in [-0.25, -0.2) is 9.59 Å². The Morgan fingerprint density at radius 2 is 1.17 bits per heavy atom. The molecule has 0 aliphatic carbocycles. The molecule has 0 unspecified atom stereocenters.